The fourth-order valence-corrected chi connectivity index (χ4v) is 2.29. The van der Waals surface area contributed by atoms with E-state index in [0.717, 1.165) is 32.4 Å². The van der Waals surface area contributed by atoms with Crippen LogP contribution < -0.4 is 5.73 Å². The van der Waals surface area contributed by atoms with Gasteiger partial charge in [0.15, 0.2) is 0 Å². The van der Waals surface area contributed by atoms with Gasteiger partial charge in [0.05, 0.1) is 6.04 Å². The third-order valence-electron chi connectivity index (χ3n) is 3.31. The molecule has 5 heteroatoms. The van der Waals surface area contributed by atoms with Crippen molar-refractivity contribution >= 4 is 5.91 Å². The van der Waals surface area contributed by atoms with Gasteiger partial charge in [-0.1, -0.05) is 0 Å². The Balaban J connectivity index is 1.80. The zero-order valence-corrected chi connectivity index (χ0v) is 10.1. The largest absolute Gasteiger partial charge is 0.343 e. The lowest BCUT2D eigenvalue weighted by Gasteiger charge is -2.32. The van der Waals surface area contributed by atoms with E-state index in [1.54, 1.807) is 6.20 Å². The molecule has 0 atom stereocenters. The second-order valence-corrected chi connectivity index (χ2v) is 4.49. The number of piperidine rings is 1. The van der Waals surface area contributed by atoms with Gasteiger partial charge in [0.1, 0.15) is 0 Å². The summed E-state index contributed by atoms with van der Waals surface area (Å²) in [4.78, 5) is 13.8. The third-order valence-corrected chi connectivity index (χ3v) is 3.31. The summed E-state index contributed by atoms with van der Waals surface area (Å²) < 4.78 is 2.00. The molecule has 1 aliphatic rings. The van der Waals surface area contributed by atoms with Gasteiger partial charge in [-0.2, -0.15) is 5.10 Å². The number of hydrogen-bond donors (Lipinski definition) is 1. The summed E-state index contributed by atoms with van der Waals surface area (Å²) in [5, 5.41) is 4.26. The van der Waals surface area contributed by atoms with Gasteiger partial charge in [0.25, 0.3) is 0 Å². The van der Waals surface area contributed by atoms with E-state index in [2.05, 4.69) is 5.10 Å². The Morgan fingerprint density at radius 2 is 2.18 bits per heavy atom. The molecule has 5 nitrogen and oxygen atoms in total. The standard InChI is InChI=1S/C12H20N4O/c13-6-1-3-12(17)15-9-4-11(5-10-15)16-8-2-7-14-16/h2,7-8,11H,1,3-6,9-10,13H2. The molecule has 0 bridgehead atoms. The van der Waals surface area contributed by atoms with Gasteiger partial charge in [-0.05, 0) is 31.9 Å². The predicted octanol–water partition coefficient (Wildman–Crippen LogP) is 0.785. The van der Waals surface area contributed by atoms with Crippen LogP contribution >= 0.6 is 0 Å². The Hall–Kier alpha value is -1.36. The number of aromatic nitrogens is 2. The maximum Gasteiger partial charge on any atom is 0.222 e. The molecule has 0 aliphatic carbocycles. The molecule has 94 valence electrons. The minimum atomic E-state index is 0.245. The van der Waals surface area contributed by atoms with Gasteiger partial charge in [-0.25, -0.2) is 0 Å². The van der Waals surface area contributed by atoms with Crippen molar-refractivity contribution in [3.63, 3.8) is 0 Å². The van der Waals surface area contributed by atoms with E-state index < -0.39 is 0 Å². The van der Waals surface area contributed by atoms with Crippen LogP contribution in [0.2, 0.25) is 0 Å². The van der Waals surface area contributed by atoms with Crippen molar-refractivity contribution in [2.45, 2.75) is 31.7 Å². The van der Waals surface area contributed by atoms with Crippen LogP contribution in [0.1, 0.15) is 31.7 Å². The Morgan fingerprint density at radius 3 is 2.76 bits per heavy atom. The highest BCUT2D eigenvalue weighted by Gasteiger charge is 2.23. The molecule has 17 heavy (non-hydrogen) atoms. The smallest absolute Gasteiger partial charge is 0.222 e. The van der Waals surface area contributed by atoms with Crippen LogP contribution in [0.3, 0.4) is 0 Å². The Kier molecular flexibility index (Phi) is 4.14. The SMILES string of the molecule is NCCCC(=O)N1CCC(n2cccn2)CC1. The fraction of sp³-hybridized carbons (Fsp3) is 0.667. The predicted molar refractivity (Wildman–Crippen MR) is 65.4 cm³/mol. The number of nitrogens with two attached hydrogens (primary N) is 1. The second-order valence-electron chi connectivity index (χ2n) is 4.49. The molecule has 0 saturated carbocycles. The van der Waals surface area contributed by atoms with Crippen LogP contribution in [0.5, 0.6) is 0 Å². The van der Waals surface area contributed by atoms with Crippen molar-refractivity contribution < 1.29 is 4.79 Å². The summed E-state index contributed by atoms with van der Waals surface area (Å²) in [5.41, 5.74) is 5.41. The molecule has 0 spiro atoms. The van der Waals surface area contributed by atoms with E-state index >= 15 is 0 Å². The van der Waals surface area contributed by atoms with Crippen LogP contribution in [-0.2, 0) is 4.79 Å². The zero-order chi connectivity index (χ0) is 12.1. The summed E-state index contributed by atoms with van der Waals surface area (Å²) in [7, 11) is 0. The first-order valence-electron chi connectivity index (χ1n) is 6.28. The summed E-state index contributed by atoms with van der Waals surface area (Å²) in [6.07, 6.45) is 7.17. The van der Waals surface area contributed by atoms with Crippen LogP contribution in [0, 0.1) is 0 Å². The highest BCUT2D eigenvalue weighted by atomic mass is 16.2. The van der Waals surface area contributed by atoms with E-state index in [-0.39, 0.29) is 5.91 Å². The molecule has 2 N–H and O–H groups in total. The Morgan fingerprint density at radius 1 is 1.41 bits per heavy atom. The molecular formula is C12H20N4O. The number of hydrogen-bond acceptors (Lipinski definition) is 3. The minimum absolute atomic E-state index is 0.245. The molecule has 0 unspecified atom stereocenters. The van der Waals surface area contributed by atoms with E-state index in [4.69, 9.17) is 5.73 Å². The summed E-state index contributed by atoms with van der Waals surface area (Å²) in [6.45, 7) is 2.28. The highest BCUT2D eigenvalue weighted by molar-refractivity contribution is 5.76. The van der Waals surface area contributed by atoms with Crippen molar-refractivity contribution in [1.82, 2.24) is 14.7 Å². The van der Waals surface area contributed by atoms with Gasteiger partial charge >= 0.3 is 0 Å². The van der Waals surface area contributed by atoms with Crippen LogP contribution in [0.25, 0.3) is 0 Å². The topological polar surface area (TPSA) is 64.2 Å². The van der Waals surface area contributed by atoms with Gasteiger partial charge < -0.3 is 10.6 Å². The number of likely N-dealkylation sites (tertiary alicyclic amines) is 1. The van der Waals surface area contributed by atoms with Gasteiger partial charge in [-0.15, -0.1) is 0 Å². The number of carbonyl (C=O) groups excluding carboxylic acids is 1. The first-order valence-corrected chi connectivity index (χ1v) is 6.28. The van der Waals surface area contributed by atoms with Crippen molar-refractivity contribution in [1.29, 1.82) is 0 Å². The average molecular weight is 236 g/mol. The van der Waals surface area contributed by atoms with Crippen LogP contribution in [-0.4, -0.2) is 40.2 Å². The molecule has 1 saturated heterocycles. The summed E-state index contributed by atoms with van der Waals surface area (Å²) in [6, 6.07) is 2.39. The Labute approximate surface area is 102 Å². The van der Waals surface area contributed by atoms with E-state index in [0.29, 0.717) is 19.0 Å². The van der Waals surface area contributed by atoms with Crippen LogP contribution in [0.15, 0.2) is 18.5 Å². The lowest BCUT2D eigenvalue weighted by molar-refractivity contribution is -0.132. The number of rotatable bonds is 4. The van der Waals surface area contributed by atoms with E-state index in [9.17, 15) is 4.79 Å². The third kappa shape index (κ3) is 3.06. The maximum absolute atomic E-state index is 11.8. The van der Waals surface area contributed by atoms with Crippen molar-refractivity contribution in [3.05, 3.63) is 18.5 Å². The monoisotopic (exact) mass is 236 g/mol. The molecule has 2 heterocycles. The zero-order valence-electron chi connectivity index (χ0n) is 10.1. The number of amides is 1. The number of nitrogens with zero attached hydrogens (tertiary/aromatic N) is 3. The lowest BCUT2D eigenvalue weighted by Crippen LogP contribution is -2.39. The first kappa shape index (κ1) is 12.1. The lowest BCUT2D eigenvalue weighted by atomic mass is 10.0. The molecule has 1 aliphatic heterocycles. The molecule has 0 radical (unpaired) electrons. The average Bonchev–Trinajstić information content (AvgIpc) is 2.90. The van der Waals surface area contributed by atoms with Crippen molar-refractivity contribution in [3.8, 4) is 0 Å². The summed E-state index contributed by atoms with van der Waals surface area (Å²) >= 11 is 0. The number of carbonyl (C=O) groups is 1. The van der Waals surface area contributed by atoms with Gasteiger partial charge in [-0.3, -0.25) is 9.48 Å². The minimum Gasteiger partial charge on any atom is -0.343 e. The molecule has 1 fully saturated rings. The quantitative estimate of drug-likeness (QED) is 0.840. The fourth-order valence-electron chi connectivity index (χ4n) is 2.29. The Bertz CT molecular complexity index is 341. The molecule has 1 aromatic heterocycles. The molecule has 1 amide bonds. The van der Waals surface area contributed by atoms with E-state index in [1.165, 1.54) is 0 Å². The summed E-state index contributed by atoms with van der Waals surface area (Å²) in [5.74, 6) is 0.245. The molecule has 1 aromatic rings. The highest BCUT2D eigenvalue weighted by Crippen LogP contribution is 2.21. The molecular weight excluding hydrogens is 216 g/mol. The molecule has 2 rings (SSSR count). The van der Waals surface area contributed by atoms with Crippen molar-refractivity contribution in [2.75, 3.05) is 19.6 Å². The molecule has 0 aromatic carbocycles. The van der Waals surface area contributed by atoms with Crippen molar-refractivity contribution in [2.24, 2.45) is 5.73 Å². The maximum atomic E-state index is 11.8. The normalized spacial score (nSPS) is 17.4. The van der Waals surface area contributed by atoms with E-state index in [1.807, 2.05) is 21.8 Å². The van der Waals surface area contributed by atoms with Crippen LogP contribution in [0.4, 0.5) is 0 Å². The van der Waals surface area contributed by atoms with Gasteiger partial charge in [0.2, 0.25) is 5.91 Å². The second kappa shape index (κ2) is 5.82. The van der Waals surface area contributed by atoms with Gasteiger partial charge in [0, 0.05) is 31.9 Å². The first-order chi connectivity index (χ1) is 8.31.